The monoisotopic (exact) mass is 1320 g/mol. The molecule has 438 valence electrons. The fourth-order valence-corrected chi connectivity index (χ4v) is 16.5. The van der Waals surface area contributed by atoms with Gasteiger partial charge in [0.2, 0.25) is 0 Å². The van der Waals surface area contributed by atoms with Crippen molar-refractivity contribution in [3.8, 4) is 68.3 Å². The van der Waals surface area contributed by atoms with Crippen molar-refractivity contribution < 1.29 is 9.47 Å². The van der Waals surface area contributed by atoms with Crippen LogP contribution in [0.15, 0.2) is 301 Å². The molecule has 0 unspecified atom stereocenters. The summed E-state index contributed by atoms with van der Waals surface area (Å²) in [4.78, 5) is 20.2. The summed E-state index contributed by atoms with van der Waals surface area (Å²) in [5.74, 6) is 3.40. The van der Waals surface area contributed by atoms with E-state index in [9.17, 15) is 0 Å². The van der Waals surface area contributed by atoms with Crippen molar-refractivity contribution in [1.82, 2.24) is 29.1 Å². The number of hydrogen-bond acceptors (Lipinski definition) is 6. The Balaban J connectivity index is 0.000000124. The average molecular weight is 1320 g/mol. The van der Waals surface area contributed by atoms with E-state index in [2.05, 4.69) is 284 Å². The summed E-state index contributed by atoms with van der Waals surface area (Å²) in [7, 11) is 0. The van der Waals surface area contributed by atoms with Crippen LogP contribution in [0.5, 0.6) is 23.0 Å². The van der Waals surface area contributed by atoms with Gasteiger partial charge >= 0.3 is 0 Å². The van der Waals surface area contributed by atoms with Gasteiger partial charge in [0, 0.05) is 87.4 Å². The summed E-state index contributed by atoms with van der Waals surface area (Å²) in [6.45, 7) is 0. The predicted molar refractivity (Wildman–Crippen MR) is 378 cm³/mol. The third-order valence-corrected chi connectivity index (χ3v) is 20.4. The number of aromatic nitrogens is 6. The molecule has 3 aliphatic carbocycles. The van der Waals surface area contributed by atoms with Gasteiger partial charge in [0.05, 0.1) is 79.4 Å². The number of rotatable bonds is 2. The van der Waals surface area contributed by atoms with Crippen molar-refractivity contribution in [2.75, 3.05) is 0 Å². The van der Waals surface area contributed by atoms with E-state index in [1.807, 2.05) is 49.1 Å². The second-order valence-electron chi connectivity index (χ2n) is 24.2. The summed E-state index contributed by atoms with van der Waals surface area (Å²) in [6.07, 6.45) is 8.80. The fraction of sp³-hybridized carbons (Fsp3) is 0.0361. The molecule has 0 fully saturated rings. The number of nitrogens with zero attached hydrogens (tertiary/aromatic N) is 6. The molecular weight excluding hydrogens is 1270 g/mol. The minimum atomic E-state index is -0.736. The normalized spacial score (nSPS) is 13.8. The molecule has 10 aromatic carbocycles. The highest BCUT2D eigenvalue weighted by molar-refractivity contribution is 9.10. The minimum absolute atomic E-state index is 0.524. The van der Waals surface area contributed by atoms with Gasteiger partial charge in [-0.2, -0.15) is 0 Å². The summed E-state index contributed by atoms with van der Waals surface area (Å²) >= 11 is 7.26. The Morgan fingerprint density at radius 2 is 0.570 bits per heavy atom. The highest BCUT2D eigenvalue weighted by Crippen LogP contribution is 2.64. The zero-order valence-corrected chi connectivity index (χ0v) is 52.8. The quantitative estimate of drug-likeness (QED) is 0.172. The molecule has 21 rings (SSSR count). The molecule has 0 N–H and O–H groups in total. The topological polar surface area (TPSA) is 79.9 Å². The Hall–Kier alpha value is -11.0. The van der Waals surface area contributed by atoms with Gasteiger partial charge in [-0.1, -0.05) is 194 Å². The molecule has 0 radical (unpaired) electrons. The van der Waals surface area contributed by atoms with Crippen LogP contribution in [0.4, 0.5) is 0 Å². The first kappa shape index (κ1) is 53.8. The molecule has 0 saturated heterocycles. The molecule has 6 aromatic heterocycles. The Morgan fingerprint density at radius 1 is 0.290 bits per heavy atom. The third kappa shape index (κ3) is 7.76. The average Bonchev–Trinajstić information content (AvgIpc) is 1.61. The van der Waals surface area contributed by atoms with E-state index >= 15 is 0 Å². The van der Waals surface area contributed by atoms with Crippen molar-refractivity contribution in [2.45, 2.75) is 17.3 Å². The molecule has 93 heavy (non-hydrogen) atoms. The summed E-state index contributed by atoms with van der Waals surface area (Å²) in [5.41, 5.74) is 23.5. The van der Waals surface area contributed by atoms with Crippen molar-refractivity contribution in [1.29, 1.82) is 0 Å². The maximum absolute atomic E-state index is 6.68. The molecule has 2 aliphatic heterocycles. The lowest BCUT2D eigenvalue weighted by atomic mass is 9.66. The van der Waals surface area contributed by atoms with Gasteiger partial charge < -0.3 is 18.6 Å². The van der Waals surface area contributed by atoms with Gasteiger partial charge in [-0.25, -0.2) is 0 Å². The van der Waals surface area contributed by atoms with Gasteiger partial charge in [0.25, 0.3) is 0 Å². The van der Waals surface area contributed by atoms with Crippen molar-refractivity contribution in [3.05, 3.63) is 356 Å². The number of pyridine rings is 4. The van der Waals surface area contributed by atoms with Crippen LogP contribution >= 0.6 is 31.9 Å². The van der Waals surface area contributed by atoms with Crippen molar-refractivity contribution in [2.24, 2.45) is 0 Å². The predicted octanol–water partition coefficient (Wildman–Crippen LogP) is 20.9. The molecule has 5 aliphatic rings. The van der Waals surface area contributed by atoms with Crippen LogP contribution in [-0.2, 0) is 17.3 Å². The molecule has 10 heteroatoms. The van der Waals surface area contributed by atoms with Gasteiger partial charge in [0.1, 0.15) is 23.0 Å². The molecule has 2 spiro atoms. The van der Waals surface area contributed by atoms with E-state index in [-0.39, 0.29) is 0 Å². The van der Waals surface area contributed by atoms with Crippen LogP contribution in [0.25, 0.3) is 88.9 Å². The maximum Gasteiger partial charge on any atom is 0.132 e. The lowest BCUT2D eigenvalue weighted by molar-refractivity contribution is 0.436. The lowest BCUT2D eigenvalue weighted by Crippen LogP contribution is -2.32. The molecular formula is C83H50Br2N6O2. The van der Waals surface area contributed by atoms with Crippen LogP contribution in [0.1, 0.15) is 55.6 Å². The number of para-hydroxylation sites is 8. The molecule has 0 amide bonds. The number of hydrogen-bond donors (Lipinski definition) is 0. The van der Waals surface area contributed by atoms with E-state index in [0.29, 0.717) is 0 Å². The van der Waals surface area contributed by atoms with E-state index in [1.165, 1.54) is 43.8 Å². The van der Waals surface area contributed by atoms with Crippen LogP contribution < -0.4 is 9.47 Å². The molecule has 16 aromatic rings. The summed E-state index contributed by atoms with van der Waals surface area (Å²) < 4.78 is 19.6. The van der Waals surface area contributed by atoms with Gasteiger partial charge in [-0.15, -0.1) is 0 Å². The molecule has 0 atom stereocenters. The van der Waals surface area contributed by atoms with E-state index in [4.69, 9.17) is 29.4 Å². The summed E-state index contributed by atoms with van der Waals surface area (Å²) in [6, 6.07) is 94.3. The van der Waals surface area contributed by atoms with E-state index < -0.39 is 10.8 Å². The van der Waals surface area contributed by atoms with Crippen LogP contribution in [0.3, 0.4) is 0 Å². The Bertz CT molecular complexity index is 5370. The van der Waals surface area contributed by atoms with E-state index in [0.717, 1.165) is 139 Å². The highest BCUT2D eigenvalue weighted by Gasteiger charge is 2.54. The number of benzene rings is 10. The van der Waals surface area contributed by atoms with Crippen molar-refractivity contribution in [3.63, 3.8) is 0 Å². The number of fused-ring (bicyclic) bond motifs is 27. The minimum Gasteiger partial charge on any atom is -0.457 e. The van der Waals surface area contributed by atoms with Crippen LogP contribution in [0, 0.1) is 0 Å². The molecule has 0 saturated carbocycles. The smallest absolute Gasteiger partial charge is 0.132 e. The zero-order valence-electron chi connectivity index (χ0n) is 49.7. The highest BCUT2D eigenvalue weighted by atomic mass is 79.9. The second-order valence-corrected chi connectivity index (χ2v) is 26.0. The van der Waals surface area contributed by atoms with Gasteiger partial charge in [-0.3, -0.25) is 19.9 Å². The molecule has 8 heterocycles. The first-order valence-electron chi connectivity index (χ1n) is 31.2. The van der Waals surface area contributed by atoms with Crippen LogP contribution in [-0.4, -0.2) is 29.1 Å². The Morgan fingerprint density at radius 3 is 0.925 bits per heavy atom. The first-order chi connectivity index (χ1) is 45.9. The Labute approximate surface area is 552 Å². The van der Waals surface area contributed by atoms with Crippen molar-refractivity contribution >= 4 is 75.5 Å². The number of ether oxygens (including phenoxy) is 2. The Kier molecular flexibility index (Phi) is 12.0. The van der Waals surface area contributed by atoms with Gasteiger partial charge in [0.15, 0.2) is 0 Å². The largest absolute Gasteiger partial charge is 0.457 e. The first-order valence-corrected chi connectivity index (χ1v) is 32.7. The maximum atomic E-state index is 6.68. The van der Waals surface area contributed by atoms with E-state index in [1.54, 1.807) is 0 Å². The lowest BCUT2D eigenvalue weighted by Gasteiger charge is -2.39. The van der Waals surface area contributed by atoms with Crippen LogP contribution in [0.2, 0.25) is 0 Å². The zero-order chi connectivity index (χ0) is 61.5. The van der Waals surface area contributed by atoms with Gasteiger partial charge in [-0.05, 0) is 133 Å². The fourth-order valence-electron chi connectivity index (χ4n) is 15.8. The SMILES string of the molecule is Brc1cnc2c(c1)C1(c3ccccc3Oc3ccccc31)c1cc(Br)cnc1-2.c1ccc2c(c1)Cc1ccccc1-2.c1ccc2c(c1)Oc1ccccc1C21c2cc(-n3c4ccccc4c4ccccc43)cnc2-c2ncc(-n3c4ccccc4c4ccccc43)cc21. The molecule has 8 nitrogen and oxygen atoms in total. The number of halogens is 2. The molecule has 0 bridgehead atoms. The third-order valence-electron chi connectivity index (χ3n) is 19.5. The summed E-state index contributed by atoms with van der Waals surface area (Å²) in [5, 5.41) is 4.87. The second kappa shape index (κ2) is 20.7. The standard InChI is InChI=1S/C47H28N4O.C23H12Br2N2O.C13H10/c1-7-19-39-31(13-1)32-14-2-8-20-40(32)50(39)29-25-37-45(48-27-29)46-38(47(37)35-17-5-11-23-43(35)52-44-24-12-6-18-36(44)47)26-30(28-49-46)51-41-21-9-3-15-33(41)34-16-4-10-22-42(34)51;24-13-9-17-21(26-11-13)22-18(10-14(25)12-27-22)23(17)15-5-1-3-7-19(15)28-20-8-4-2-6-16(20)23;1-3-7-12-10(5-1)9-11-6-2-4-8-13(11)12/h1-28H;1-12H;1-8H,9H2.